The molecule has 1 N–H and O–H groups in total. The second kappa shape index (κ2) is 11.5. The van der Waals surface area contributed by atoms with Crippen molar-refractivity contribution in [3.8, 4) is 35.3 Å². The summed E-state index contributed by atoms with van der Waals surface area (Å²) in [6.45, 7) is 0. The maximum atomic E-state index is 13.0. The average molecular weight is 655 g/mol. The number of rotatable bonds is 5. The lowest BCUT2D eigenvalue weighted by Crippen LogP contribution is -2.16. The lowest BCUT2D eigenvalue weighted by atomic mass is 10.1. The van der Waals surface area contributed by atoms with Crippen molar-refractivity contribution >= 4 is 91.0 Å². The number of nitrogens with zero attached hydrogens (tertiary/aromatic N) is 1. The van der Waals surface area contributed by atoms with Gasteiger partial charge in [0.05, 0.1) is 21.7 Å². The first-order valence-corrected chi connectivity index (χ1v) is 17.8. The van der Waals surface area contributed by atoms with Gasteiger partial charge in [-0.15, -0.1) is 68.0 Å². The monoisotopic (exact) mass is 654 g/mol. The predicted molar refractivity (Wildman–Crippen MR) is 179 cm³/mol. The zero-order valence-corrected chi connectivity index (χ0v) is 26.5. The van der Waals surface area contributed by atoms with Crippen LogP contribution in [-0.2, 0) is 9.59 Å². The highest BCUT2D eigenvalue weighted by atomic mass is 32.1. The van der Waals surface area contributed by atoms with Gasteiger partial charge in [0.2, 0.25) is 0 Å². The molecule has 0 unspecified atom stereocenters. The van der Waals surface area contributed by atoms with Gasteiger partial charge in [0.25, 0.3) is 5.91 Å². The van der Waals surface area contributed by atoms with E-state index in [1.54, 1.807) is 56.7 Å². The van der Waals surface area contributed by atoms with Crippen LogP contribution in [0.3, 0.4) is 0 Å². The van der Waals surface area contributed by atoms with Gasteiger partial charge >= 0.3 is 0 Å². The number of amides is 1. The third-order valence-corrected chi connectivity index (χ3v) is 13.1. The zero-order chi connectivity index (χ0) is 28.6. The van der Waals surface area contributed by atoms with E-state index in [1.807, 2.05) is 53.2 Å². The van der Waals surface area contributed by atoms with Crippen molar-refractivity contribution in [2.45, 2.75) is 6.42 Å². The van der Waals surface area contributed by atoms with E-state index in [4.69, 9.17) is 5.26 Å². The maximum Gasteiger partial charge on any atom is 0.256 e. The molecule has 7 heterocycles. The standard InChI is InChI=1S/C23H13NO2S4.C9H5NS2/c25-13-11-12(14-5-6-17(29-14)15-3-1-9-27-15)20-21(13)22(24-23(20)26)19-8-7-18(30-19)16-4-2-10-28-16;10-6-7-3-4-9(12-7)8-2-1-5-11-8/h1-10H,11H2,(H,24,26);1-5H. The molecular weight excluding hydrogens is 637 g/mol. The van der Waals surface area contributed by atoms with Gasteiger partial charge in [0, 0.05) is 40.6 Å². The number of carbonyl (C=O) groups is 2. The number of hydrogen-bond donors (Lipinski definition) is 1. The fourth-order valence-electron chi connectivity index (χ4n) is 4.80. The Labute approximate surface area is 265 Å². The molecule has 10 heteroatoms. The summed E-state index contributed by atoms with van der Waals surface area (Å²) >= 11 is 9.87. The highest BCUT2D eigenvalue weighted by molar-refractivity contribution is 7.23. The third-order valence-electron chi connectivity index (χ3n) is 6.65. The lowest BCUT2D eigenvalue weighted by molar-refractivity contribution is -0.116. The van der Waals surface area contributed by atoms with Crippen LogP contribution in [0.4, 0.5) is 0 Å². The second-order valence-electron chi connectivity index (χ2n) is 9.19. The largest absolute Gasteiger partial charge is 0.320 e. The summed E-state index contributed by atoms with van der Waals surface area (Å²) in [6.07, 6.45) is 0.287. The second-order valence-corrected chi connectivity index (χ2v) is 15.3. The zero-order valence-electron chi connectivity index (χ0n) is 21.6. The molecular formula is C32H18N2O2S6. The van der Waals surface area contributed by atoms with Gasteiger partial charge in [0.15, 0.2) is 5.78 Å². The summed E-state index contributed by atoms with van der Waals surface area (Å²) in [5, 5.41) is 17.7. The Hall–Kier alpha value is -3.69. The average Bonchev–Trinajstić information content (AvgIpc) is 3.83. The molecule has 0 atom stereocenters. The molecule has 1 amide bonds. The summed E-state index contributed by atoms with van der Waals surface area (Å²) in [6, 6.07) is 26.5. The Bertz CT molecular complexity index is 1920. The van der Waals surface area contributed by atoms with Crippen molar-refractivity contribution in [1.82, 2.24) is 5.32 Å². The fourth-order valence-corrected chi connectivity index (χ4v) is 10.2. The summed E-state index contributed by atoms with van der Waals surface area (Å²) in [4.78, 5) is 35.7. The van der Waals surface area contributed by atoms with E-state index in [0.717, 1.165) is 30.0 Å². The number of thiophene rings is 6. The van der Waals surface area contributed by atoms with Crippen LogP contribution < -0.4 is 5.32 Å². The Morgan fingerprint density at radius 1 is 0.595 bits per heavy atom. The van der Waals surface area contributed by atoms with Crippen molar-refractivity contribution in [2.75, 3.05) is 0 Å². The molecule has 0 saturated heterocycles. The van der Waals surface area contributed by atoms with Crippen molar-refractivity contribution < 1.29 is 9.59 Å². The van der Waals surface area contributed by atoms with Crippen molar-refractivity contribution in [3.63, 3.8) is 0 Å². The number of nitriles is 1. The normalized spacial score (nSPS) is 14.2. The molecule has 0 fully saturated rings. The molecule has 6 aromatic heterocycles. The van der Waals surface area contributed by atoms with E-state index in [9.17, 15) is 9.59 Å². The summed E-state index contributed by atoms with van der Waals surface area (Å²) < 4.78 is 0. The van der Waals surface area contributed by atoms with Crippen molar-refractivity contribution in [1.29, 1.82) is 5.26 Å². The van der Waals surface area contributed by atoms with Crippen LogP contribution in [0.1, 0.15) is 21.1 Å². The van der Waals surface area contributed by atoms with Crippen LogP contribution in [-0.4, -0.2) is 11.7 Å². The van der Waals surface area contributed by atoms with Gasteiger partial charge < -0.3 is 5.32 Å². The number of ketones is 1. The number of allylic oxidation sites excluding steroid dienone is 1. The van der Waals surface area contributed by atoms with Gasteiger partial charge in [-0.3, -0.25) is 9.59 Å². The topological polar surface area (TPSA) is 70.0 Å². The highest BCUT2D eigenvalue weighted by Crippen LogP contribution is 2.46. The molecule has 8 rings (SSSR count). The van der Waals surface area contributed by atoms with Crippen LogP contribution in [0.15, 0.2) is 100 Å². The number of nitrogens with one attached hydrogen (secondary N) is 1. The molecule has 1 aliphatic heterocycles. The first-order chi connectivity index (χ1) is 20.6. The van der Waals surface area contributed by atoms with E-state index >= 15 is 0 Å². The van der Waals surface area contributed by atoms with Crippen molar-refractivity contribution in [2.24, 2.45) is 0 Å². The Kier molecular flexibility index (Phi) is 7.46. The third kappa shape index (κ3) is 5.09. The lowest BCUT2D eigenvalue weighted by Gasteiger charge is -2.02. The summed E-state index contributed by atoms with van der Waals surface area (Å²) in [7, 11) is 0. The maximum absolute atomic E-state index is 13.0. The van der Waals surface area contributed by atoms with Crippen molar-refractivity contribution in [3.05, 3.63) is 115 Å². The molecule has 0 bridgehead atoms. The first kappa shape index (κ1) is 27.2. The number of carbonyl (C=O) groups excluding carboxylic acids is 2. The predicted octanol–water partition coefficient (Wildman–Crippen LogP) is 9.88. The first-order valence-electron chi connectivity index (χ1n) is 12.7. The molecule has 2 aliphatic rings. The van der Waals surface area contributed by atoms with Gasteiger partial charge in [-0.25, -0.2) is 0 Å². The van der Waals surface area contributed by atoms with Crippen LogP contribution in [0.5, 0.6) is 0 Å². The summed E-state index contributed by atoms with van der Waals surface area (Å²) in [5.41, 5.74) is 2.63. The number of Topliss-reactive ketones (excluding diaryl/α,β-unsaturated/α-hetero) is 1. The minimum atomic E-state index is -0.169. The number of hydrogen-bond acceptors (Lipinski definition) is 9. The van der Waals surface area contributed by atoms with E-state index < -0.39 is 0 Å². The molecule has 0 aromatic carbocycles. The highest BCUT2D eigenvalue weighted by Gasteiger charge is 2.41. The molecule has 0 radical (unpaired) electrons. The molecule has 6 aromatic rings. The molecule has 204 valence electrons. The molecule has 4 nitrogen and oxygen atoms in total. The van der Waals surface area contributed by atoms with Crippen LogP contribution >= 0.6 is 68.0 Å². The molecule has 0 saturated carbocycles. The SMILES string of the molecule is N#Cc1ccc(-c2cccs2)s1.O=C1CC(c2ccc(-c3cccs3)s2)=C2C(=O)NC(c3ccc(-c4cccs4)s3)=C12. The minimum Gasteiger partial charge on any atom is -0.320 e. The van der Waals surface area contributed by atoms with E-state index in [2.05, 4.69) is 47.1 Å². The van der Waals surface area contributed by atoms with Gasteiger partial charge in [0.1, 0.15) is 10.9 Å². The molecule has 1 aliphatic carbocycles. The molecule has 42 heavy (non-hydrogen) atoms. The smallest absolute Gasteiger partial charge is 0.256 e. The quantitative estimate of drug-likeness (QED) is 0.201. The van der Waals surface area contributed by atoms with Crippen LogP contribution in [0, 0.1) is 11.3 Å². The van der Waals surface area contributed by atoms with Gasteiger partial charge in [-0.05, 0) is 76.3 Å². The Morgan fingerprint density at radius 3 is 1.67 bits per heavy atom. The Morgan fingerprint density at radius 2 is 1.12 bits per heavy atom. The number of fused-ring (bicyclic) bond motifs is 1. The van der Waals surface area contributed by atoms with Crippen LogP contribution in [0.25, 0.3) is 40.5 Å². The van der Waals surface area contributed by atoms with Gasteiger partial charge in [-0.2, -0.15) is 5.26 Å². The molecule has 0 spiro atoms. The van der Waals surface area contributed by atoms with Crippen LogP contribution in [0.2, 0.25) is 0 Å². The van der Waals surface area contributed by atoms with E-state index in [-0.39, 0.29) is 18.1 Å². The Balaban J connectivity index is 0.000000201. The van der Waals surface area contributed by atoms with Gasteiger partial charge in [-0.1, -0.05) is 18.2 Å². The summed E-state index contributed by atoms with van der Waals surface area (Å²) in [5.74, 6) is -0.150. The van der Waals surface area contributed by atoms with E-state index in [1.165, 1.54) is 30.8 Å². The van der Waals surface area contributed by atoms with E-state index in [0.29, 0.717) is 16.8 Å². The fraction of sp³-hybridized carbons (Fsp3) is 0.0312. The minimum absolute atomic E-state index is 0.0190.